The van der Waals surface area contributed by atoms with E-state index in [0.29, 0.717) is 28.0 Å². The summed E-state index contributed by atoms with van der Waals surface area (Å²) in [4.78, 5) is 9.00. The summed E-state index contributed by atoms with van der Waals surface area (Å²) in [5.74, 6) is 1.07. The number of alkyl halides is 1. The molecule has 21 heavy (non-hydrogen) atoms. The van der Waals surface area contributed by atoms with E-state index < -0.39 is 0 Å². The van der Waals surface area contributed by atoms with Crippen LogP contribution in [0.25, 0.3) is 0 Å². The summed E-state index contributed by atoms with van der Waals surface area (Å²) >= 11 is 8.40. The minimum absolute atomic E-state index is 0.472. The van der Waals surface area contributed by atoms with Crippen LogP contribution in [-0.2, 0) is 17.5 Å². The molecule has 0 amide bonds. The Morgan fingerprint density at radius 1 is 1.14 bits per heavy atom. The Balaban J connectivity index is 2.22. The number of halogens is 2. The first kappa shape index (κ1) is 16.5. The lowest BCUT2D eigenvalue weighted by Gasteiger charge is -2.13. The van der Waals surface area contributed by atoms with E-state index in [9.17, 15) is 0 Å². The molecule has 0 spiro atoms. The minimum atomic E-state index is 0.472. The molecule has 112 valence electrons. The second-order valence-electron chi connectivity index (χ2n) is 5.22. The molecule has 0 aliphatic carbocycles. The Labute approximate surface area is 144 Å². The van der Waals surface area contributed by atoms with Gasteiger partial charge in [0.05, 0.1) is 5.69 Å². The van der Waals surface area contributed by atoms with Crippen LogP contribution in [0.3, 0.4) is 0 Å². The number of hydrogen-bond donors (Lipinski definition) is 0. The molecule has 1 heterocycles. The first-order chi connectivity index (χ1) is 10.1. The summed E-state index contributed by atoms with van der Waals surface area (Å²) in [5.41, 5.74) is 2.72. The Morgan fingerprint density at radius 2 is 1.86 bits per heavy atom. The zero-order valence-corrected chi connectivity index (χ0v) is 15.1. The summed E-state index contributed by atoms with van der Waals surface area (Å²) in [6.07, 6.45) is 0.804. The highest BCUT2D eigenvalue weighted by molar-refractivity contribution is 14.1. The summed E-state index contributed by atoms with van der Waals surface area (Å²) in [6.45, 7) is 4.77. The maximum atomic E-state index is 6.17. The van der Waals surface area contributed by atoms with Crippen LogP contribution in [0, 0.1) is 5.92 Å². The molecule has 0 radical (unpaired) electrons. The number of rotatable bonds is 6. The van der Waals surface area contributed by atoms with Crippen LogP contribution in [-0.4, -0.2) is 9.97 Å². The van der Waals surface area contributed by atoms with Crippen molar-refractivity contribution < 1.29 is 4.74 Å². The average molecular weight is 417 g/mol. The van der Waals surface area contributed by atoms with Crippen molar-refractivity contribution in [3.05, 3.63) is 52.4 Å². The van der Waals surface area contributed by atoms with Gasteiger partial charge in [0.1, 0.15) is 12.3 Å². The number of aromatic nitrogens is 2. The lowest BCUT2D eigenvalue weighted by Crippen LogP contribution is -2.08. The first-order valence-electron chi connectivity index (χ1n) is 6.88. The molecule has 2 rings (SSSR count). The third-order valence-corrected chi connectivity index (χ3v) is 3.93. The smallest absolute Gasteiger partial charge is 0.236 e. The SMILES string of the molecule is CC(C)Cc1nc(Cl)c(CI)nc1OCc1ccccc1. The van der Waals surface area contributed by atoms with Gasteiger partial charge in [0, 0.05) is 4.43 Å². The van der Waals surface area contributed by atoms with Crippen molar-refractivity contribution in [3.8, 4) is 5.88 Å². The molecule has 2 aromatic rings. The Morgan fingerprint density at radius 3 is 2.48 bits per heavy atom. The van der Waals surface area contributed by atoms with Crippen molar-refractivity contribution in [2.24, 2.45) is 5.92 Å². The van der Waals surface area contributed by atoms with Crippen LogP contribution in [0.4, 0.5) is 0 Å². The molecular weight excluding hydrogens is 399 g/mol. The normalized spacial score (nSPS) is 10.9. The Hall–Kier alpha value is -0.880. The molecular formula is C16H18ClIN2O. The van der Waals surface area contributed by atoms with Gasteiger partial charge < -0.3 is 4.74 Å². The number of ether oxygens (including phenoxy) is 1. The third-order valence-electron chi connectivity index (χ3n) is 2.90. The van der Waals surface area contributed by atoms with Gasteiger partial charge in [-0.3, -0.25) is 0 Å². The van der Waals surface area contributed by atoms with Gasteiger partial charge in [0.25, 0.3) is 0 Å². The highest BCUT2D eigenvalue weighted by Crippen LogP contribution is 2.24. The van der Waals surface area contributed by atoms with Crippen LogP contribution in [0.15, 0.2) is 30.3 Å². The van der Waals surface area contributed by atoms with E-state index in [1.807, 2.05) is 30.3 Å². The molecule has 0 unspecified atom stereocenters. The maximum Gasteiger partial charge on any atom is 0.236 e. The van der Waals surface area contributed by atoms with Crippen LogP contribution >= 0.6 is 34.2 Å². The fourth-order valence-electron chi connectivity index (χ4n) is 1.91. The summed E-state index contributed by atoms with van der Waals surface area (Å²) in [5, 5.41) is 0.479. The van der Waals surface area contributed by atoms with Crippen LogP contribution in [0.2, 0.25) is 5.15 Å². The van der Waals surface area contributed by atoms with Gasteiger partial charge in [-0.1, -0.05) is 78.4 Å². The van der Waals surface area contributed by atoms with E-state index in [2.05, 4.69) is 46.4 Å². The number of hydrogen-bond acceptors (Lipinski definition) is 3. The molecule has 1 aromatic heterocycles. The first-order valence-corrected chi connectivity index (χ1v) is 8.78. The Kier molecular flexibility index (Phi) is 6.23. The van der Waals surface area contributed by atoms with Crippen LogP contribution in [0.1, 0.15) is 30.8 Å². The van der Waals surface area contributed by atoms with E-state index in [1.54, 1.807) is 0 Å². The molecule has 0 saturated carbocycles. The molecule has 0 aliphatic rings. The van der Waals surface area contributed by atoms with Crippen molar-refractivity contribution in [1.29, 1.82) is 0 Å². The van der Waals surface area contributed by atoms with Crippen molar-refractivity contribution >= 4 is 34.2 Å². The molecule has 0 N–H and O–H groups in total. The zero-order valence-electron chi connectivity index (χ0n) is 12.1. The van der Waals surface area contributed by atoms with Gasteiger partial charge in [-0.05, 0) is 17.9 Å². The van der Waals surface area contributed by atoms with Crippen molar-refractivity contribution in [3.63, 3.8) is 0 Å². The zero-order chi connectivity index (χ0) is 15.2. The second kappa shape index (κ2) is 7.94. The van der Waals surface area contributed by atoms with Gasteiger partial charge in [-0.15, -0.1) is 0 Å². The lowest BCUT2D eigenvalue weighted by atomic mass is 10.1. The minimum Gasteiger partial charge on any atom is -0.471 e. The summed E-state index contributed by atoms with van der Waals surface area (Å²) in [7, 11) is 0. The van der Waals surface area contributed by atoms with Gasteiger partial charge in [-0.25, -0.2) is 9.97 Å². The quantitative estimate of drug-likeness (QED) is 0.499. The van der Waals surface area contributed by atoms with Crippen LogP contribution < -0.4 is 4.74 Å². The van der Waals surface area contributed by atoms with E-state index in [1.165, 1.54) is 0 Å². The number of nitrogens with zero attached hydrogens (tertiary/aromatic N) is 2. The third kappa shape index (κ3) is 4.81. The largest absolute Gasteiger partial charge is 0.471 e. The standard InChI is InChI=1S/C16H18ClIN2O/c1-11(2)8-13-16(20-14(9-18)15(17)19-13)21-10-12-6-4-3-5-7-12/h3-7,11H,8-10H2,1-2H3. The summed E-state index contributed by atoms with van der Waals surface area (Å²) < 4.78 is 6.60. The fourth-order valence-corrected chi connectivity index (χ4v) is 2.88. The highest BCUT2D eigenvalue weighted by atomic mass is 127. The maximum absolute atomic E-state index is 6.17. The molecule has 0 saturated heterocycles. The second-order valence-corrected chi connectivity index (χ2v) is 6.34. The van der Waals surface area contributed by atoms with Gasteiger partial charge in [0.15, 0.2) is 5.15 Å². The number of benzene rings is 1. The lowest BCUT2D eigenvalue weighted by molar-refractivity contribution is 0.286. The summed E-state index contributed by atoms with van der Waals surface area (Å²) in [6, 6.07) is 10.1. The molecule has 5 heteroatoms. The molecule has 0 fully saturated rings. The highest BCUT2D eigenvalue weighted by Gasteiger charge is 2.14. The van der Waals surface area contributed by atoms with Crippen LogP contribution in [0.5, 0.6) is 5.88 Å². The van der Waals surface area contributed by atoms with Gasteiger partial charge in [-0.2, -0.15) is 0 Å². The Bertz CT molecular complexity index is 590. The van der Waals surface area contributed by atoms with E-state index in [-0.39, 0.29) is 0 Å². The predicted octanol–water partition coefficient (Wildman–Crippen LogP) is 4.84. The average Bonchev–Trinajstić information content (AvgIpc) is 2.47. The fraction of sp³-hybridized carbons (Fsp3) is 0.375. The van der Waals surface area contributed by atoms with Crippen molar-refractivity contribution in [1.82, 2.24) is 9.97 Å². The molecule has 0 bridgehead atoms. The monoisotopic (exact) mass is 416 g/mol. The molecule has 0 atom stereocenters. The molecule has 3 nitrogen and oxygen atoms in total. The van der Waals surface area contributed by atoms with Crippen molar-refractivity contribution in [2.75, 3.05) is 0 Å². The van der Waals surface area contributed by atoms with Gasteiger partial charge >= 0.3 is 0 Å². The molecule has 1 aromatic carbocycles. The molecule has 0 aliphatic heterocycles. The van der Waals surface area contributed by atoms with E-state index >= 15 is 0 Å². The topological polar surface area (TPSA) is 35.0 Å². The van der Waals surface area contributed by atoms with E-state index in [0.717, 1.165) is 23.4 Å². The van der Waals surface area contributed by atoms with Gasteiger partial charge in [0.2, 0.25) is 5.88 Å². The van der Waals surface area contributed by atoms with Crippen molar-refractivity contribution in [2.45, 2.75) is 31.3 Å². The predicted molar refractivity (Wildman–Crippen MR) is 94.1 cm³/mol. The van der Waals surface area contributed by atoms with E-state index in [4.69, 9.17) is 16.3 Å².